The lowest BCUT2D eigenvalue weighted by molar-refractivity contribution is -0.173. The van der Waals surface area contributed by atoms with Gasteiger partial charge in [0.2, 0.25) is 0 Å². The number of aliphatic hydroxyl groups is 1. The minimum Gasteiger partial charge on any atom is -0.466 e. The molecule has 0 saturated carbocycles. The van der Waals surface area contributed by atoms with Crippen LogP contribution in [0.3, 0.4) is 0 Å². The fourth-order valence-corrected chi connectivity index (χ4v) is 3.65. The summed E-state index contributed by atoms with van der Waals surface area (Å²) in [4.78, 5) is 49.7. The summed E-state index contributed by atoms with van der Waals surface area (Å²) in [5.41, 5.74) is 0.545. The van der Waals surface area contributed by atoms with Crippen molar-refractivity contribution in [3.8, 4) is 0 Å². The maximum Gasteiger partial charge on any atom is 0.337 e. The van der Waals surface area contributed by atoms with E-state index >= 15 is 0 Å². The van der Waals surface area contributed by atoms with Crippen LogP contribution < -0.4 is 0 Å². The van der Waals surface area contributed by atoms with Gasteiger partial charge in [-0.05, 0) is 30.9 Å². The van der Waals surface area contributed by atoms with E-state index in [2.05, 4.69) is 6.58 Å². The number of carbonyl (C=O) groups excluding carboxylic acids is 4. The van der Waals surface area contributed by atoms with E-state index in [0.29, 0.717) is 24.8 Å². The molecule has 0 aromatic heterocycles. The summed E-state index contributed by atoms with van der Waals surface area (Å²) in [6.07, 6.45) is 0.686. The molecule has 0 amide bonds. The number of aliphatic hydroxyl groups excluding tert-OH is 1. The summed E-state index contributed by atoms with van der Waals surface area (Å²) in [5, 5.41) is 9.73. The number of carbonyl (C=O) groups is 4. The summed E-state index contributed by atoms with van der Waals surface area (Å²) >= 11 is 0. The fourth-order valence-electron chi connectivity index (χ4n) is 3.65. The second-order valence-corrected chi connectivity index (χ2v) is 7.83. The minimum absolute atomic E-state index is 0.00688. The fraction of sp³-hybridized carbons (Fsp3) is 0.565. The molecule has 2 aliphatic rings. The molecule has 5 atom stereocenters. The Morgan fingerprint density at radius 1 is 1.31 bits per heavy atom. The zero-order chi connectivity index (χ0) is 24.0. The number of methoxy groups -OCH3 is 1. The molecule has 1 heterocycles. The highest BCUT2D eigenvalue weighted by molar-refractivity contribution is 5.92. The van der Waals surface area contributed by atoms with Crippen LogP contribution in [-0.2, 0) is 38.1 Å². The van der Waals surface area contributed by atoms with E-state index in [9.17, 15) is 24.3 Å². The molecule has 1 N–H and O–H groups in total. The van der Waals surface area contributed by atoms with Gasteiger partial charge in [-0.2, -0.15) is 0 Å². The Labute approximate surface area is 187 Å². The lowest BCUT2D eigenvalue weighted by atomic mass is 9.83. The van der Waals surface area contributed by atoms with Crippen molar-refractivity contribution < 1.29 is 43.2 Å². The summed E-state index contributed by atoms with van der Waals surface area (Å²) in [6, 6.07) is 0. The van der Waals surface area contributed by atoms with Gasteiger partial charge in [0.1, 0.15) is 6.10 Å². The molecular formula is C23H30O9. The second kappa shape index (κ2) is 11.1. The third-order valence-electron chi connectivity index (χ3n) is 5.63. The van der Waals surface area contributed by atoms with Gasteiger partial charge in [-0.3, -0.25) is 9.59 Å². The number of rotatable bonds is 6. The number of ether oxygens (including phenoxy) is 4. The first-order valence-electron chi connectivity index (χ1n) is 10.5. The van der Waals surface area contributed by atoms with Crippen molar-refractivity contribution in [1.29, 1.82) is 0 Å². The van der Waals surface area contributed by atoms with Crippen molar-refractivity contribution in [2.45, 2.75) is 58.3 Å². The molecule has 0 aromatic carbocycles. The first-order valence-corrected chi connectivity index (χ1v) is 10.5. The molecule has 176 valence electrons. The molecule has 0 bridgehead atoms. The number of fused-ring (bicyclic) bond motifs is 1. The standard InChI is InChI=1S/C23H30O9/c1-6-12(2)21(26)32-20-18-13(3)22(27)31-17(18)10-15(11-24)8-7-9-16(23(28)29-5)19(20)30-14(4)25/h9-10,12,17-20,24H,3,6-8,11H2,1-2,4-5H3/b15-10+,16-9+. The van der Waals surface area contributed by atoms with Crippen molar-refractivity contribution >= 4 is 23.9 Å². The largest absolute Gasteiger partial charge is 0.466 e. The van der Waals surface area contributed by atoms with Gasteiger partial charge < -0.3 is 24.1 Å². The van der Waals surface area contributed by atoms with Gasteiger partial charge in [0.05, 0.1) is 31.1 Å². The summed E-state index contributed by atoms with van der Waals surface area (Å²) in [7, 11) is 1.18. The zero-order valence-corrected chi connectivity index (χ0v) is 18.8. The first-order chi connectivity index (χ1) is 15.1. The van der Waals surface area contributed by atoms with E-state index in [4.69, 9.17) is 18.9 Å². The Kier molecular flexibility index (Phi) is 8.77. The minimum atomic E-state index is -1.35. The maximum absolute atomic E-state index is 12.8. The van der Waals surface area contributed by atoms with Gasteiger partial charge in [-0.1, -0.05) is 26.5 Å². The van der Waals surface area contributed by atoms with Crippen molar-refractivity contribution in [1.82, 2.24) is 0 Å². The van der Waals surface area contributed by atoms with E-state index in [1.807, 2.05) is 6.92 Å². The van der Waals surface area contributed by atoms with Crippen molar-refractivity contribution in [2.24, 2.45) is 11.8 Å². The van der Waals surface area contributed by atoms with E-state index in [1.54, 1.807) is 13.0 Å². The molecule has 9 nitrogen and oxygen atoms in total. The molecule has 5 unspecified atom stereocenters. The predicted octanol–water partition coefficient (Wildman–Crippen LogP) is 1.79. The maximum atomic E-state index is 12.8. The van der Waals surface area contributed by atoms with Crippen LogP contribution in [0.1, 0.15) is 40.0 Å². The Bertz CT molecular complexity index is 838. The molecule has 1 aliphatic carbocycles. The average Bonchev–Trinajstić information content (AvgIpc) is 3.04. The average molecular weight is 450 g/mol. The normalized spacial score (nSPS) is 29.9. The molecule has 1 saturated heterocycles. The SMILES string of the molecule is C=C1C(=O)OC2/C=C(/CO)CC/C=C(/C(=O)OC)C(OC(C)=O)C(OC(=O)C(C)CC)C12. The Hall–Kier alpha value is -2.94. The van der Waals surface area contributed by atoms with Crippen LogP contribution in [0, 0.1) is 11.8 Å². The lowest BCUT2D eigenvalue weighted by Crippen LogP contribution is -2.46. The summed E-state index contributed by atoms with van der Waals surface area (Å²) in [5.74, 6) is -4.22. The van der Waals surface area contributed by atoms with Crippen LogP contribution in [-0.4, -0.2) is 61.0 Å². The van der Waals surface area contributed by atoms with Crippen molar-refractivity contribution in [3.05, 3.63) is 35.5 Å². The van der Waals surface area contributed by atoms with Crippen LogP contribution in [0.15, 0.2) is 35.5 Å². The van der Waals surface area contributed by atoms with Gasteiger partial charge in [0.25, 0.3) is 0 Å². The van der Waals surface area contributed by atoms with E-state index < -0.39 is 54.0 Å². The Morgan fingerprint density at radius 2 is 2.00 bits per heavy atom. The molecule has 32 heavy (non-hydrogen) atoms. The van der Waals surface area contributed by atoms with E-state index in [0.717, 1.165) is 6.92 Å². The van der Waals surface area contributed by atoms with Crippen LogP contribution in [0.4, 0.5) is 0 Å². The van der Waals surface area contributed by atoms with Gasteiger partial charge in [-0.15, -0.1) is 0 Å². The topological polar surface area (TPSA) is 125 Å². The molecular weight excluding hydrogens is 420 g/mol. The molecule has 1 fully saturated rings. The number of allylic oxidation sites excluding steroid dienone is 1. The summed E-state index contributed by atoms with van der Waals surface area (Å²) < 4.78 is 21.5. The first kappa shape index (κ1) is 25.3. The third-order valence-corrected chi connectivity index (χ3v) is 5.63. The Balaban J connectivity index is 2.70. The van der Waals surface area contributed by atoms with E-state index in [1.165, 1.54) is 13.2 Å². The molecule has 1 aliphatic heterocycles. The Morgan fingerprint density at radius 3 is 2.56 bits per heavy atom. The highest BCUT2D eigenvalue weighted by atomic mass is 16.6. The van der Waals surface area contributed by atoms with Gasteiger partial charge in [0, 0.05) is 12.5 Å². The molecule has 0 aromatic rings. The predicted molar refractivity (Wildman–Crippen MR) is 112 cm³/mol. The second-order valence-electron chi connectivity index (χ2n) is 7.83. The monoisotopic (exact) mass is 450 g/mol. The van der Waals surface area contributed by atoms with Gasteiger partial charge >= 0.3 is 23.9 Å². The van der Waals surface area contributed by atoms with Crippen LogP contribution in [0.2, 0.25) is 0 Å². The van der Waals surface area contributed by atoms with Crippen LogP contribution in [0.25, 0.3) is 0 Å². The number of hydrogen-bond donors (Lipinski definition) is 1. The molecule has 0 spiro atoms. The highest BCUT2D eigenvalue weighted by Gasteiger charge is 2.50. The zero-order valence-electron chi connectivity index (χ0n) is 18.8. The van der Waals surface area contributed by atoms with Crippen molar-refractivity contribution in [3.63, 3.8) is 0 Å². The molecule has 9 heteroatoms. The molecule has 2 rings (SSSR count). The number of esters is 4. The van der Waals surface area contributed by atoms with Crippen LogP contribution >= 0.6 is 0 Å². The van der Waals surface area contributed by atoms with Crippen molar-refractivity contribution in [2.75, 3.05) is 13.7 Å². The van der Waals surface area contributed by atoms with Gasteiger partial charge in [0.15, 0.2) is 12.2 Å². The molecule has 0 radical (unpaired) electrons. The summed E-state index contributed by atoms with van der Waals surface area (Å²) in [6.45, 7) is 8.14. The highest BCUT2D eigenvalue weighted by Crippen LogP contribution is 2.38. The van der Waals surface area contributed by atoms with Gasteiger partial charge in [-0.25, -0.2) is 9.59 Å². The smallest absolute Gasteiger partial charge is 0.337 e. The number of hydrogen-bond acceptors (Lipinski definition) is 9. The van der Waals surface area contributed by atoms with E-state index in [-0.39, 0.29) is 17.8 Å². The van der Waals surface area contributed by atoms with Crippen LogP contribution in [0.5, 0.6) is 0 Å². The lowest BCUT2D eigenvalue weighted by Gasteiger charge is -2.34. The quantitative estimate of drug-likeness (QED) is 0.279. The third kappa shape index (κ3) is 5.64.